The maximum atomic E-state index is 13.4. The van der Waals surface area contributed by atoms with Gasteiger partial charge in [-0.05, 0) is 43.4 Å². The van der Waals surface area contributed by atoms with Crippen LogP contribution in [0.2, 0.25) is 5.02 Å². The molecule has 0 heterocycles. The van der Waals surface area contributed by atoms with Crippen molar-refractivity contribution in [2.24, 2.45) is 0 Å². The van der Waals surface area contributed by atoms with Crippen LogP contribution in [0.15, 0.2) is 48.5 Å². The van der Waals surface area contributed by atoms with Gasteiger partial charge in [0, 0.05) is 23.4 Å². The minimum atomic E-state index is -0.504. The fourth-order valence-corrected chi connectivity index (χ4v) is 5.36. The average molecular weight is 487 g/mol. The number of hydrogen-bond donors (Lipinski definition) is 1. The molecule has 0 bridgehead atoms. The monoisotopic (exact) mass is 486 g/mol. The van der Waals surface area contributed by atoms with Crippen molar-refractivity contribution in [1.82, 2.24) is 10.2 Å². The third-order valence-electron chi connectivity index (χ3n) is 6.25. The molecule has 2 aromatic carbocycles. The van der Waals surface area contributed by atoms with Crippen LogP contribution in [0.1, 0.15) is 62.1 Å². The number of nitrogens with zero attached hydrogens (tertiary/aromatic N) is 1. The first kappa shape index (κ1) is 25.6. The number of nitrogens with one attached hydrogen (secondary N) is 1. The normalized spacial score (nSPS) is 15.1. The van der Waals surface area contributed by atoms with E-state index in [0.717, 1.165) is 37.0 Å². The summed E-state index contributed by atoms with van der Waals surface area (Å²) >= 11 is 7.99. The van der Waals surface area contributed by atoms with Gasteiger partial charge in [-0.25, -0.2) is 0 Å². The van der Waals surface area contributed by atoms with E-state index in [0.29, 0.717) is 23.7 Å². The molecule has 178 valence electrons. The van der Waals surface area contributed by atoms with Crippen LogP contribution in [0.3, 0.4) is 0 Å². The quantitative estimate of drug-likeness (QED) is 0.439. The molecule has 6 heteroatoms. The largest absolute Gasteiger partial charge is 0.352 e. The minimum Gasteiger partial charge on any atom is -0.352 e. The second-order valence-electron chi connectivity index (χ2n) is 8.86. The fourth-order valence-electron chi connectivity index (χ4n) is 4.30. The summed E-state index contributed by atoms with van der Waals surface area (Å²) in [6, 6.07) is 15.6. The van der Waals surface area contributed by atoms with E-state index in [1.165, 1.54) is 17.5 Å². The maximum Gasteiger partial charge on any atom is 0.243 e. The van der Waals surface area contributed by atoms with Crippen molar-refractivity contribution >= 4 is 35.2 Å². The lowest BCUT2D eigenvalue weighted by Crippen LogP contribution is -2.52. The molecule has 0 aliphatic heterocycles. The summed E-state index contributed by atoms with van der Waals surface area (Å²) in [4.78, 5) is 28.4. The van der Waals surface area contributed by atoms with Gasteiger partial charge in [-0.15, -0.1) is 11.8 Å². The molecule has 1 N–H and O–H groups in total. The maximum absolute atomic E-state index is 13.4. The topological polar surface area (TPSA) is 49.4 Å². The van der Waals surface area contributed by atoms with E-state index in [1.54, 1.807) is 16.7 Å². The van der Waals surface area contributed by atoms with Crippen LogP contribution in [0.4, 0.5) is 0 Å². The summed E-state index contributed by atoms with van der Waals surface area (Å²) in [5.74, 6) is 1.01. The Kier molecular flexibility index (Phi) is 10.1. The summed E-state index contributed by atoms with van der Waals surface area (Å²) in [5.41, 5.74) is 3.28. The summed E-state index contributed by atoms with van der Waals surface area (Å²) in [5, 5.41) is 3.84. The number of rotatable bonds is 10. The summed E-state index contributed by atoms with van der Waals surface area (Å²) < 4.78 is 0. The van der Waals surface area contributed by atoms with E-state index in [4.69, 9.17) is 11.6 Å². The van der Waals surface area contributed by atoms with Gasteiger partial charge in [0.1, 0.15) is 6.04 Å². The Bertz CT molecular complexity index is 913. The molecule has 0 radical (unpaired) electrons. The van der Waals surface area contributed by atoms with Crippen molar-refractivity contribution in [2.45, 2.75) is 76.8 Å². The van der Waals surface area contributed by atoms with E-state index < -0.39 is 6.04 Å². The number of hydrogen-bond acceptors (Lipinski definition) is 3. The Morgan fingerprint density at radius 2 is 1.79 bits per heavy atom. The Morgan fingerprint density at radius 1 is 1.09 bits per heavy atom. The molecule has 1 saturated carbocycles. The molecule has 2 aromatic rings. The highest BCUT2D eigenvalue weighted by molar-refractivity contribution is 7.99. The number of halogens is 1. The van der Waals surface area contributed by atoms with Crippen molar-refractivity contribution in [3.8, 4) is 0 Å². The Hall–Kier alpha value is -1.98. The molecular formula is C27H35ClN2O2S. The van der Waals surface area contributed by atoms with E-state index in [2.05, 4.69) is 36.5 Å². The zero-order valence-electron chi connectivity index (χ0n) is 19.7. The molecule has 1 atom stereocenters. The van der Waals surface area contributed by atoms with Crippen LogP contribution < -0.4 is 5.32 Å². The Balaban J connectivity index is 1.70. The van der Waals surface area contributed by atoms with Crippen molar-refractivity contribution in [2.75, 3.05) is 5.75 Å². The van der Waals surface area contributed by atoms with Crippen molar-refractivity contribution in [1.29, 1.82) is 0 Å². The molecule has 2 amide bonds. The van der Waals surface area contributed by atoms with E-state index >= 15 is 0 Å². The second-order valence-corrected chi connectivity index (χ2v) is 10.3. The van der Waals surface area contributed by atoms with Gasteiger partial charge in [0.15, 0.2) is 0 Å². The smallest absolute Gasteiger partial charge is 0.243 e. The van der Waals surface area contributed by atoms with E-state index in [9.17, 15) is 9.59 Å². The second kappa shape index (κ2) is 13.0. The van der Waals surface area contributed by atoms with Crippen LogP contribution in [0.5, 0.6) is 0 Å². The summed E-state index contributed by atoms with van der Waals surface area (Å²) in [7, 11) is 0. The zero-order valence-corrected chi connectivity index (χ0v) is 21.3. The lowest BCUT2D eigenvalue weighted by molar-refractivity contribution is -0.139. The number of carbonyl (C=O) groups is 2. The van der Waals surface area contributed by atoms with Crippen LogP contribution in [0, 0.1) is 6.92 Å². The first-order chi connectivity index (χ1) is 16.0. The molecule has 1 aliphatic rings. The van der Waals surface area contributed by atoms with Crippen LogP contribution in [-0.4, -0.2) is 34.6 Å². The minimum absolute atomic E-state index is 0.0299. The van der Waals surface area contributed by atoms with Crippen molar-refractivity contribution in [3.63, 3.8) is 0 Å². The summed E-state index contributed by atoms with van der Waals surface area (Å²) in [6.07, 6.45) is 6.15. The Labute approximate surface area is 207 Å². The molecule has 0 spiro atoms. The highest BCUT2D eigenvalue weighted by Crippen LogP contribution is 2.23. The van der Waals surface area contributed by atoms with Gasteiger partial charge in [-0.3, -0.25) is 9.59 Å². The molecule has 4 nitrogen and oxygen atoms in total. The predicted octanol–water partition coefficient (Wildman–Crippen LogP) is 6.14. The first-order valence-electron chi connectivity index (χ1n) is 11.9. The van der Waals surface area contributed by atoms with E-state index in [1.807, 2.05) is 31.2 Å². The van der Waals surface area contributed by atoms with Gasteiger partial charge in [0.25, 0.3) is 0 Å². The number of thioether (sulfide) groups is 1. The zero-order chi connectivity index (χ0) is 23.6. The molecule has 1 unspecified atom stereocenters. The molecule has 3 rings (SSSR count). The molecule has 1 fully saturated rings. The third-order valence-corrected chi connectivity index (χ3v) is 7.61. The lowest BCUT2D eigenvalue weighted by Gasteiger charge is -2.33. The van der Waals surface area contributed by atoms with Crippen LogP contribution >= 0.6 is 23.4 Å². The van der Waals surface area contributed by atoms with Gasteiger partial charge in [-0.2, -0.15) is 0 Å². The van der Waals surface area contributed by atoms with Gasteiger partial charge in [0.05, 0.1) is 5.75 Å². The predicted molar refractivity (Wildman–Crippen MR) is 138 cm³/mol. The number of carbonyl (C=O) groups excluding carboxylic acids is 2. The standard InChI is InChI=1S/C27H35ClN2O2S/c1-3-25(27(32)29-23-10-5-4-6-11-23)30(17-22-9-7-8-12-24(22)28)26(31)19-33-18-21-15-13-20(2)14-16-21/h7-9,12-16,23,25H,3-6,10-11,17-19H2,1-2H3,(H,29,32). The van der Waals surface area contributed by atoms with Gasteiger partial charge in [-0.1, -0.05) is 85.8 Å². The van der Waals surface area contributed by atoms with Gasteiger partial charge >= 0.3 is 0 Å². The fraction of sp³-hybridized carbons (Fsp3) is 0.481. The molecule has 33 heavy (non-hydrogen) atoms. The lowest BCUT2D eigenvalue weighted by atomic mass is 9.95. The highest BCUT2D eigenvalue weighted by atomic mass is 35.5. The SMILES string of the molecule is CCC(C(=O)NC1CCCCC1)N(Cc1ccccc1Cl)C(=O)CSCc1ccc(C)cc1. The van der Waals surface area contributed by atoms with Gasteiger partial charge < -0.3 is 10.2 Å². The Morgan fingerprint density at radius 3 is 2.45 bits per heavy atom. The average Bonchev–Trinajstić information content (AvgIpc) is 2.82. The first-order valence-corrected chi connectivity index (χ1v) is 13.5. The van der Waals surface area contributed by atoms with Gasteiger partial charge in [0.2, 0.25) is 11.8 Å². The van der Waals surface area contributed by atoms with E-state index in [-0.39, 0.29) is 17.9 Å². The van der Waals surface area contributed by atoms with Crippen LogP contribution in [0.25, 0.3) is 0 Å². The summed E-state index contributed by atoms with van der Waals surface area (Å²) in [6.45, 7) is 4.37. The van der Waals surface area contributed by atoms with Crippen molar-refractivity contribution in [3.05, 3.63) is 70.2 Å². The number of amides is 2. The molecule has 0 aromatic heterocycles. The molecule has 1 aliphatic carbocycles. The van der Waals surface area contributed by atoms with Crippen LogP contribution in [-0.2, 0) is 21.9 Å². The van der Waals surface area contributed by atoms with Crippen molar-refractivity contribution < 1.29 is 9.59 Å². The highest BCUT2D eigenvalue weighted by Gasteiger charge is 2.30. The molecule has 0 saturated heterocycles. The third kappa shape index (κ3) is 7.79. The number of benzene rings is 2. The molecular weight excluding hydrogens is 452 g/mol. The number of aryl methyl sites for hydroxylation is 1.